The molecule has 0 bridgehead atoms. The highest BCUT2D eigenvalue weighted by atomic mass is 16.3. The summed E-state index contributed by atoms with van der Waals surface area (Å²) < 4.78 is 0. The highest BCUT2D eigenvalue weighted by molar-refractivity contribution is 5.09. The molecule has 2 nitrogen and oxygen atoms in total. The van der Waals surface area contributed by atoms with E-state index >= 15 is 0 Å². The number of fused-ring (bicyclic) bond motifs is 1. The van der Waals surface area contributed by atoms with Gasteiger partial charge in [-0.25, -0.2) is 0 Å². The first-order valence-corrected chi connectivity index (χ1v) is 3.99. The number of hydrogen-bond acceptors (Lipinski definition) is 2. The molecule has 2 saturated carbocycles. The molecular weight excluding hydrogens is 128 g/mol. The third-order valence-corrected chi connectivity index (χ3v) is 3.31. The molecule has 0 aromatic carbocycles. The summed E-state index contributed by atoms with van der Waals surface area (Å²) in [6.07, 6.45) is 2.22. The van der Waals surface area contributed by atoms with Crippen molar-refractivity contribution >= 4 is 0 Å². The molecule has 0 saturated heterocycles. The maximum Gasteiger partial charge on any atom is 0.0700 e. The molecule has 2 aliphatic carbocycles. The first-order chi connectivity index (χ1) is 4.66. The van der Waals surface area contributed by atoms with Crippen LogP contribution in [0.2, 0.25) is 0 Å². The van der Waals surface area contributed by atoms with Crippen molar-refractivity contribution < 1.29 is 10.2 Å². The van der Waals surface area contributed by atoms with Crippen LogP contribution in [0.15, 0.2) is 0 Å². The Balaban J connectivity index is 2.13. The number of aliphatic hydroxyl groups excluding tert-OH is 1. The third kappa shape index (κ3) is 0.663. The van der Waals surface area contributed by atoms with Gasteiger partial charge in [0, 0.05) is 12.5 Å². The van der Waals surface area contributed by atoms with Gasteiger partial charge >= 0.3 is 0 Å². The Morgan fingerprint density at radius 3 is 2.50 bits per heavy atom. The fourth-order valence-electron chi connectivity index (χ4n) is 2.39. The van der Waals surface area contributed by atoms with E-state index in [-0.39, 0.29) is 12.5 Å². The van der Waals surface area contributed by atoms with Crippen LogP contribution in [0.3, 0.4) is 0 Å². The largest absolute Gasteiger partial charge is 0.396 e. The average molecular weight is 142 g/mol. The second kappa shape index (κ2) is 1.74. The van der Waals surface area contributed by atoms with E-state index in [0.29, 0.717) is 5.92 Å². The minimum absolute atomic E-state index is 0.149. The lowest BCUT2D eigenvalue weighted by Gasteiger charge is -2.26. The zero-order valence-electron chi connectivity index (χ0n) is 6.25. The average Bonchev–Trinajstić information content (AvgIpc) is 2.57. The van der Waals surface area contributed by atoms with Crippen molar-refractivity contribution in [2.45, 2.75) is 25.4 Å². The molecule has 2 fully saturated rings. The standard InChI is InChI=1S/C8H14O2/c1-8(10)6(4-9)2-5-3-7(5)8/h5-7,9-10H,2-4H2,1H3/t5?,6-,7-,8?/m0/s1. The van der Waals surface area contributed by atoms with E-state index in [1.807, 2.05) is 6.92 Å². The molecule has 0 aromatic rings. The van der Waals surface area contributed by atoms with Crippen molar-refractivity contribution in [2.75, 3.05) is 6.61 Å². The summed E-state index contributed by atoms with van der Waals surface area (Å²) in [4.78, 5) is 0. The molecule has 0 aromatic heterocycles. The summed E-state index contributed by atoms with van der Waals surface area (Å²) >= 11 is 0. The van der Waals surface area contributed by atoms with Crippen LogP contribution < -0.4 is 0 Å². The van der Waals surface area contributed by atoms with E-state index in [1.54, 1.807) is 0 Å². The van der Waals surface area contributed by atoms with Crippen LogP contribution in [0.5, 0.6) is 0 Å². The second-order valence-corrected chi connectivity index (χ2v) is 3.94. The summed E-state index contributed by atoms with van der Waals surface area (Å²) in [7, 11) is 0. The van der Waals surface area contributed by atoms with Crippen LogP contribution in [-0.4, -0.2) is 22.4 Å². The van der Waals surface area contributed by atoms with Crippen molar-refractivity contribution in [3.8, 4) is 0 Å². The molecule has 0 amide bonds. The van der Waals surface area contributed by atoms with Gasteiger partial charge in [0.05, 0.1) is 5.60 Å². The van der Waals surface area contributed by atoms with Gasteiger partial charge in [-0.1, -0.05) is 0 Å². The Labute approximate surface area is 60.9 Å². The van der Waals surface area contributed by atoms with Crippen molar-refractivity contribution in [3.63, 3.8) is 0 Å². The Morgan fingerprint density at radius 1 is 1.50 bits per heavy atom. The summed E-state index contributed by atoms with van der Waals surface area (Å²) in [6.45, 7) is 2.02. The molecule has 2 N–H and O–H groups in total. The van der Waals surface area contributed by atoms with E-state index in [9.17, 15) is 5.11 Å². The minimum Gasteiger partial charge on any atom is -0.396 e. The van der Waals surface area contributed by atoms with Crippen molar-refractivity contribution in [2.24, 2.45) is 17.8 Å². The molecule has 2 heteroatoms. The molecule has 2 rings (SSSR count). The van der Waals surface area contributed by atoms with Crippen molar-refractivity contribution in [1.82, 2.24) is 0 Å². The van der Waals surface area contributed by atoms with Crippen LogP contribution in [0.25, 0.3) is 0 Å². The van der Waals surface area contributed by atoms with Crippen molar-refractivity contribution in [1.29, 1.82) is 0 Å². The van der Waals surface area contributed by atoms with Gasteiger partial charge < -0.3 is 10.2 Å². The summed E-state index contributed by atoms with van der Waals surface area (Å²) in [5, 5.41) is 18.7. The monoisotopic (exact) mass is 142 g/mol. The molecule has 58 valence electrons. The number of rotatable bonds is 1. The molecule has 0 radical (unpaired) electrons. The molecule has 10 heavy (non-hydrogen) atoms. The zero-order valence-corrected chi connectivity index (χ0v) is 6.25. The fraction of sp³-hybridized carbons (Fsp3) is 1.00. The van der Waals surface area contributed by atoms with Gasteiger partial charge in [0.1, 0.15) is 0 Å². The smallest absolute Gasteiger partial charge is 0.0700 e. The predicted octanol–water partition coefficient (Wildman–Crippen LogP) is 0.386. The van der Waals surface area contributed by atoms with Gasteiger partial charge in [0.25, 0.3) is 0 Å². The van der Waals surface area contributed by atoms with Gasteiger partial charge in [0.2, 0.25) is 0 Å². The Kier molecular flexibility index (Phi) is 1.15. The van der Waals surface area contributed by atoms with Gasteiger partial charge in [-0.15, -0.1) is 0 Å². The maximum absolute atomic E-state index is 9.80. The lowest BCUT2D eigenvalue weighted by Crippen LogP contribution is -2.35. The summed E-state index contributed by atoms with van der Waals surface area (Å²) in [5.41, 5.74) is -0.556. The predicted molar refractivity (Wildman–Crippen MR) is 37.4 cm³/mol. The molecule has 2 aliphatic rings. The van der Waals surface area contributed by atoms with Crippen LogP contribution in [-0.2, 0) is 0 Å². The number of aliphatic hydroxyl groups is 2. The van der Waals surface area contributed by atoms with Crippen LogP contribution >= 0.6 is 0 Å². The molecule has 0 heterocycles. The zero-order chi connectivity index (χ0) is 7.35. The lowest BCUT2D eigenvalue weighted by molar-refractivity contribution is -0.0233. The molecule has 0 spiro atoms. The highest BCUT2D eigenvalue weighted by Gasteiger charge is 2.59. The molecule has 0 aliphatic heterocycles. The summed E-state index contributed by atoms with van der Waals surface area (Å²) in [5.74, 6) is 1.38. The Morgan fingerprint density at radius 2 is 2.20 bits per heavy atom. The van der Waals surface area contributed by atoms with Gasteiger partial charge in [-0.2, -0.15) is 0 Å². The SMILES string of the molecule is CC1(O)[C@H](CO)CC2C[C@@H]21. The lowest BCUT2D eigenvalue weighted by atomic mass is 9.89. The van der Waals surface area contributed by atoms with Gasteiger partial charge in [-0.3, -0.25) is 0 Å². The first-order valence-electron chi connectivity index (χ1n) is 3.99. The number of hydrogen-bond donors (Lipinski definition) is 2. The van der Waals surface area contributed by atoms with Crippen LogP contribution in [0.4, 0.5) is 0 Å². The Bertz CT molecular complexity index is 153. The van der Waals surface area contributed by atoms with E-state index < -0.39 is 5.60 Å². The molecule has 4 atom stereocenters. The van der Waals surface area contributed by atoms with E-state index in [0.717, 1.165) is 12.3 Å². The minimum atomic E-state index is -0.556. The first kappa shape index (κ1) is 6.62. The highest BCUT2D eigenvalue weighted by Crippen LogP contribution is 2.59. The van der Waals surface area contributed by atoms with E-state index in [4.69, 9.17) is 5.11 Å². The second-order valence-electron chi connectivity index (χ2n) is 3.94. The third-order valence-electron chi connectivity index (χ3n) is 3.31. The normalized spacial score (nSPS) is 58.5. The van der Waals surface area contributed by atoms with Crippen LogP contribution in [0.1, 0.15) is 19.8 Å². The van der Waals surface area contributed by atoms with Gasteiger partial charge in [-0.05, 0) is 31.6 Å². The quantitative estimate of drug-likeness (QED) is 0.556. The van der Waals surface area contributed by atoms with Gasteiger partial charge in [0.15, 0.2) is 0 Å². The van der Waals surface area contributed by atoms with E-state index in [1.165, 1.54) is 6.42 Å². The maximum atomic E-state index is 9.80. The molecular formula is C8H14O2. The molecule has 2 unspecified atom stereocenters. The van der Waals surface area contributed by atoms with Crippen LogP contribution in [0, 0.1) is 17.8 Å². The van der Waals surface area contributed by atoms with E-state index in [2.05, 4.69) is 0 Å². The summed E-state index contributed by atoms with van der Waals surface area (Å²) in [6, 6.07) is 0. The fourth-order valence-corrected chi connectivity index (χ4v) is 2.39. The van der Waals surface area contributed by atoms with Crippen molar-refractivity contribution in [3.05, 3.63) is 0 Å². The topological polar surface area (TPSA) is 40.5 Å². The Hall–Kier alpha value is -0.0800.